The van der Waals surface area contributed by atoms with Gasteiger partial charge in [0, 0.05) is 13.1 Å². The second kappa shape index (κ2) is 6.87. The van der Waals surface area contributed by atoms with Crippen LogP contribution in [0.25, 0.3) is 0 Å². The zero-order valence-corrected chi connectivity index (χ0v) is 13.1. The molecule has 0 amide bonds. The van der Waals surface area contributed by atoms with E-state index in [9.17, 15) is 4.39 Å². The van der Waals surface area contributed by atoms with Crippen LogP contribution in [0.1, 0.15) is 13.8 Å². The molecular weight excluding hydrogens is 316 g/mol. The van der Waals surface area contributed by atoms with E-state index in [0.29, 0.717) is 16.7 Å². The third-order valence-corrected chi connectivity index (χ3v) is 3.32. The molecule has 2 rings (SSSR count). The average Bonchev–Trinajstić information content (AvgIpc) is 2.44. The summed E-state index contributed by atoms with van der Waals surface area (Å²) in [6.45, 7) is 5.43. The van der Waals surface area contributed by atoms with E-state index in [4.69, 9.17) is 23.2 Å². The summed E-state index contributed by atoms with van der Waals surface area (Å²) in [6.07, 6.45) is 0. The van der Waals surface area contributed by atoms with Crippen molar-refractivity contribution < 1.29 is 4.39 Å². The predicted molar refractivity (Wildman–Crippen MR) is 83.1 cm³/mol. The molecule has 112 valence electrons. The first kappa shape index (κ1) is 15.7. The van der Waals surface area contributed by atoms with E-state index in [0.717, 1.165) is 13.1 Å². The van der Waals surface area contributed by atoms with Gasteiger partial charge in [0.2, 0.25) is 17.2 Å². The van der Waals surface area contributed by atoms with Crippen LogP contribution in [-0.2, 0) is 0 Å². The molecule has 1 aromatic carbocycles. The number of nitrogens with zero attached hydrogens (tertiary/aromatic N) is 4. The first-order chi connectivity index (χ1) is 10.0. The van der Waals surface area contributed by atoms with Gasteiger partial charge in [0.15, 0.2) is 0 Å². The van der Waals surface area contributed by atoms with Crippen molar-refractivity contribution in [3.8, 4) is 0 Å². The summed E-state index contributed by atoms with van der Waals surface area (Å²) in [5.41, 5.74) is 0.365. The molecule has 0 aliphatic rings. The number of hydrogen-bond donors (Lipinski definition) is 1. The summed E-state index contributed by atoms with van der Waals surface area (Å²) >= 11 is 11.9. The smallest absolute Gasteiger partial charge is 0.233 e. The quantitative estimate of drug-likeness (QED) is 0.901. The van der Waals surface area contributed by atoms with E-state index in [1.807, 2.05) is 18.7 Å². The van der Waals surface area contributed by atoms with Crippen LogP contribution < -0.4 is 10.2 Å². The SMILES string of the molecule is CCN(CC)c1nc(Cl)nc(Nc2cc(F)ccc2Cl)n1. The minimum atomic E-state index is -0.411. The number of rotatable bonds is 5. The largest absolute Gasteiger partial charge is 0.341 e. The summed E-state index contributed by atoms with van der Waals surface area (Å²) in [6, 6.07) is 3.99. The molecule has 0 saturated carbocycles. The summed E-state index contributed by atoms with van der Waals surface area (Å²) in [7, 11) is 0. The molecule has 0 fully saturated rings. The van der Waals surface area contributed by atoms with Crippen LogP contribution in [-0.4, -0.2) is 28.0 Å². The third kappa shape index (κ3) is 3.92. The van der Waals surface area contributed by atoms with Crippen LogP contribution in [0.2, 0.25) is 10.3 Å². The molecule has 0 aliphatic carbocycles. The standard InChI is InChI=1S/C13H14Cl2FN5/c1-3-21(4-2)13-19-11(15)18-12(20-13)17-10-7-8(16)5-6-9(10)14/h5-7H,3-4H2,1-2H3,(H,17,18,19,20). The first-order valence-corrected chi connectivity index (χ1v) is 7.17. The van der Waals surface area contributed by atoms with Crippen LogP contribution in [0.5, 0.6) is 0 Å². The highest BCUT2D eigenvalue weighted by molar-refractivity contribution is 6.33. The lowest BCUT2D eigenvalue weighted by molar-refractivity contribution is 0.628. The highest BCUT2D eigenvalue weighted by Crippen LogP contribution is 2.25. The van der Waals surface area contributed by atoms with Crippen molar-refractivity contribution in [3.05, 3.63) is 34.3 Å². The fourth-order valence-corrected chi connectivity index (χ4v) is 2.08. The Bertz CT molecular complexity index is 634. The van der Waals surface area contributed by atoms with Gasteiger partial charge in [-0.15, -0.1) is 0 Å². The highest BCUT2D eigenvalue weighted by Gasteiger charge is 2.11. The van der Waals surface area contributed by atoms with Crippen LogP contribution in [0.4, 0.5) is 22.0 Å². The number of halogens is 3. The van der Waals surface area contributed by atoms with Gasteiger partial charge in [-0.2, -0.15) is 15.0 Å². The maximum absolute atomic E-state index is 13.3. The Kier molecular flexibility index (Phi) is 5.14. The van der Waals surface area contributed by atoms with E-state index >= 15 is 0 Å². The van der Waals surface area contributed by atoms with Crippen molar-refractivity contribution in [2.75, 3.05) is 23.3 Å². The molecule has 0 saturated heterocycles. The molecule has 0 atom stereocenters. The van der Waals surface area contributed by atoms with E-state index in [1.54, 1.807) is 0 Å². The molecule has 0 unspecified atom stereocenters. The normalized spacial score (nSPS) is 10.5. The number of anilines is 3. The van der Waals surface area contributed by atoms with Gasteiger partial charge in [-0.05, 0) is 43.6 Å². The van der Waals surface area contributed by atoms with Crippen LogP contribution in [0, 0.1) is 5.82 Å². The van der Waals surface area contributed by atoms with Crippen LogP contribution >= 0.6 is 23.2 Å². The molecular formula is C13H14Cl2FN5. The Morgan fingerprint density at radius 3 is 2.52 bits per heavy atom. The van der Waals surface area contributed by atoms with Crippen molar-refractivity contribution >= 4 is 40.8 Å². The zero-order valence-electron chi connectivity index (χ0n) is 11.6. The number of hydrogen-bond acceptors (Lipinski definition) is 5. The van der Waals surface area contributed by atoms with Crippen LogP contribution in [0.15, 0.2) is 18.2 Å². The van der Waals surface area contributed by atoms with E-state index < -0.39 is 5.82 Å². The maximum Gasteiger partial charge on any atom is 0.233 e. The fourth-order valence-electron chi connectivity index (χ4n) is 1.76. The zero-order chi connectivity index (χ0) is 15.4. The second-order valence-corrected chi connectivity index (χ2v) is 4.89. The topological polar surface area (TPSA) is 53.9 Å². The second-order valence-electron chi connectivity index (χ2n) is 4.15. The van der Waals surface area contributed by atoms with Gasteiger partial charge >= 0.3 is 0 Å². The molecule has 1 heterocycles. The van der Waals surface area contributed by atoms with E-state index in [-0.39, 0.29) is 11.2 Å². The Hall–Kier alpha value is -1.66. The minimum Gasteiger partial charge on any atom is -0.341 e. The summed E-state index contributed by atoms with van der Waals surface area (Å²) in [5.74, 6) is 0.255. The van der Waals surface area contributed by atoms with Gasteiger partial charge in [0.05, 0.1) is 10.7 Å². The average molecular weight is 330 g/mol. The van der Waals surface area contributed by atoms with Crippen molar-refractivity contribution in [1.82, 2.24) is 15.0 Å². The molecule has 2 aromatic rings. The summed E-state index contributed by atoms with van der Waals surface area (Å²) in [4.78, 5) is 14.2. The number of aromatic nitrogens is 3. The summed E-state index contributed by atoms with van der Waals surface area (Å²) in [5, 5.41) is 3.27. The predicted octanol–water partition coefficient (Wildman–Crippen LogP) is 3.91. The molecule has 0 aliphatic heterocycles. The fraction of sp³-hybridized carbons (Fsp3) is 0.308. The number of benzene rings is 1. The van der Waals surface area contributed by atoms with Crippen molar-refractivity contribution in [3.63, 3.8) is 0 Å². The third-order valence-electron chi connectivity index (χ3n) is 2.82. The van der Waals surface area contributed by atoms with Crippen molar-refractivity contribution in [2.24, 2.45) is 0 Å². The Morgan fingerprint density at radius 1 is 1.14 bits per heavy atom. The Labute approximate surface area is 132 Å². The molecule has 8 heteroatoms. The molecule has 0 radical (unpaired) electrons. The molecule has 0 bridgehead atoms. The Morgan fingerprint density at radius 2 is 1.86 bits per heavy atom. The van der Waals surface area contributed by atoms with Gasteiger partial charge in [-0.25, -0.2) is 4.39 Å². The van der Waals surface area contributed by atoms with Gasteiger partial charge in [0.25, 0.3) is 0 Å². The van der Waals surface area contributed by atoms with Gasteiger partial charge in [-0.1, -0.05) is 11.6 Å². The molecule has 1 aromatic heterocycles. The molecule has 0 spiro atoms. The van der Waals surface area contributed by atoms with Crippen LogP contribution in [0.3, 0.4) is 0 Å². The van der Waals surface area contributed by atoms with E-state index in [2.05, 4.69) is 20.3 Å². The maximum atomic E-state index is 13.3. The van der Waals surface area contributed by atoms with Gasteiger partial charge in [-0.3, -0.25) is 0 Å². The lowest BCUT2D eigenvalue weighted by Gasteiger charge is -2.19. The monoisotopic (exact) mass is 329 g/mol. The lowest BCUT2D eigenvalue weighted by atomic mass is 10.3. The molecule has 1 N–H and O–H groups in total. The lowest BCUT2D eigenvalue weighted by Crippen LogP contribution is -2.24. The highest BCUT2D eigenvalue weighted by atomic mass is 35.5. The first-order valence-electron chi connectivity index (χ1n) is 6.42. The van der Waals surface area contributed by atoms with Gasteiger partial charge in [0.1, 0.15) is 5.82 Å². The minimum absolute atomic E-state index is 0.0573. The number of nitrogens with one attached hydrogen (secondary N) is 1. The Balaban J connectivity index is 2.34. The summed E-state index contributed by atoms with van der Waals surface area (Å²) < 4.78 is 13.3. The van der Waals surface area contributed by atoms with Crippen molar-refractivity contribution in [2.45, 2.75) is 13.8 Å². The van der Waals surface area contributed by atoms with E-state index in [1.165, 1.54) is 18.2 Å². The molecule has 21 heavy (non-hydrogen) atoms. The van der Waals surface area contributed by atoms with Gasteiger partial charge < -0.3 is 10.2 Å². The molecule has 5 nitrogen and oxygen atoms in total. The van der Waals surface area contributed by atoms with Crippen molar-refractivity contribution in [1.29, 1.82) is 0 Å².